The molecule has 0 bridgehead atoms. The Labute approximate surface area is 204 Å². The Morgan fingerprint density at radius 2 is 1.19 bits per heavy atom. The maximum Gasteiger partial charge on any atom is 2.00 e. The van der Waals surface area contributed by atoms with E-state index in [-0.39, 0.29) is 77.5 Å². The van der Waals surface area contributed by atoms with Crippen molar-refractivity contribution in [2.24, 2.45) is 5.73 Å². The summed E-state index contributed by atoms with van der Waals surface area (Å²) in [4.78, 5) is 0. The zero-order chi connectivity index (χ0) is 18.0. The minimum atomic E-state index is -0.690. The summed E-state index contributed by atoms with van der Waals surface area (Å²) in [5.74, 6) is -0.0973. The molecule has 0 radical (unpaired) electrons. The number of rotatable bonds is 5. The van der Waals surface area contributed by atoms with Crippen molar-refractivity contribution >= 4 is 46.4 Å². The number of likely N-dealkylation sites (N-methyl/N-ethyl adjacent to an activating group) is 1. The first-order valence-electron chi connectivity index (χ1n) is 7.11. The van der Waals surface area contributed by atoms with Gasteiger partial charge in [-0.15, -0.1) is 0 Å². The number of phenols is 2. The molecule has 0 aromatic heterocycles. The summed E-state index contributed by atoms with van der Waals surface area (Å²) < 4.78 is 0. The number of phenolic OH excluding ortho intramolecular Hbond substituents is 2. The van der Waals surface area contributed by atoms with Gasteiger partial charge in [-0.05, 0) is 30.8 Å². The van der Waals surface area contributed by atoms with Crippen LogP contribution in [-0.2, 0) is 21.1 Å². The van der Waals surface area contributed by atoms with Crippen LogP contribution in [0.4, 0.5) is 0 Å². The van der Waals surface area contributed by atoms with Crippen LogP contribution in [0, 0.1) is 0 Å². The molecule has 2 rings (SSSR count). The molecule has 0 aliphatic carbocycles. The normalized spacial score (nSPS) is 12.2. The standard InChI is InChI=1S/C16H16Cl4N2O2.2ClH.Pt/c1-2-22-16(14-11(19)5-8(24)6-12(14)20)15(21)13-9(17)3-7(23)4-10(13)18;;;/h3-6,15-16,22-24H,2,21H2,1H3;2*1H;/q;;;+2/p-2. The zero-order valence-electron chi connectivity index (χ0n) is 13.7. The molecule has 0 heterocycles. The number of hydrogen-bond acceptors (Lipinski definition) is 4. The fraction of sp³-hybridized carbons (Fsp3) is 0.250. The topological polar surface area (TPSA) is 78.5 Å². The third-order valence-electron chi connectivity index (χ3n) is 3.56. The van der Waals surface area contributed by atoms with Crippen molar-refractivity contribution in [1.82, 2.24) is 5.32 Å². The molecule has 11 heteroatoms. The Morgan fingerprint density at radius 3 is 1.52 bits per heavy atom. The predicted molar refractivity (Wildman–Crippen MR) is 99.6 cm³/mol. The van der Waals surface area contributed by atoms with Crippen molar-refractivity contribution in [2.45, 2.75) is 19.0 Å². The molecule has 2 unspecified atom stereocenters. The Bertz CT molecular complexity index is 720. The van der Waals surface area contributed by atoms with Crippen molar-refractivity contribution in [3.05, 3.63) is 55.5 Å². The van der Waals surface area contributed by atoms with E-state index in [4.69, 9.17) is 52.1 Å². The van der Waals surface area contributed by atoms with Gasteiger partial charge in [0.05, 0.1) is 32.2 Å². The Morgan fingerprint density at radius 1 is 0.852 bits per heavy atom. The van der Waals surface area contributed by atoms with E-state index in [0.29, 0.717) is 17.7 Å². The molecule has 0 spiro atoms. The Hall–Kier alpha value is 0.388. The first kappa shape index (κ1) is 29.6. The van der Waals surface area contributed by atoms with Gasteiger partial charge in [0.2, 0.25) is 0 Å². The van der Waals surface area contributed by atoms with Gasteiger partial charge in [0, 0.05) is 11.1 Å². The molecule has 0 amide bonds. The molecule has 5 N–H and O–H groups in total. The van der Waals surface area contributed by atoms with Crippen molar-refractivity contribution < 1.29 is 56.1 Å². The van der Waals surface area contributed by atoms with E-state index in [1.165, 1.54) is 24.3 Å². The molecule has 0 aliphatic rings. The van der Waals surface area contributed by atoms with E-state index >= 15 is 0 Å². The first-order valence-corrected chi connectivity index (χ1v) is 8.62. The quantitative estimate of drug-likeness (QED) is 0.331. The van der Waals surface area contributed by atoms with Gasteiger partial charge in [-0.2, -0.15) is 0 Å². The Balaban J connectivity index is 0. The third-order valence-corrected chi connectivity index (χ3v) is 4.81. The minimum Gasteiger partial charge on any atom is -1.00 e. The molecule has 0 aliphatic heterocycles. The van der Waals surface area contributed by atoms with Gasteiger partial charge < -0.3 is 46.1 Å². The number of benzene rings is 2. The van der Waals surface area contributed by atoms with Gasteiger partial charge in [0.15, 0.2) is 0 Å². The van der Waals surface area contributed by atoms with Crippen LogP contribution in [0.1, 0.15) is 30.1 Å². The second-order valence-corrected chi connectivity index (χ2v) is 6.84. The second-order valence-electron chi connectivity index (χ2n) is 5.21. The summed E-state index contributed by atoms with van der Waals surface area (Å²) in [6.45, 7) is 2.49. The zero-order valence-corrected chi connectivity index (χ0v) is 20.5. The summed E-state index contributed by atoms with van der Waals surface area (Å²) in [5.41, 5.74) is 7.39. The molecule has 2 aromatic carbocycles. The molecular weight excluding hydrogens is 660 g/mol. The summed E-state index contributed by atoms with van der Waals surface area (Å²) >= 11 is 24.9. The Kier molecular flexibility index (Phi) is 14.1. The monoisotopic (exact) mass is 673 g/mol. The molecule has 4 nitrogen and oxygen atoms in total. The van der Waals surface area contributed by atoms with Crippen LogP contribution in [0.15, 0.2) is 24.3 Å². The average molecular weight is 676 g/mol. The SMILES string of the molecule is CCNC(c1c(Cl)cc(O)cc1Cl)C(N)c1c(Cl)cc(O)cc1Cl.[Cl-].[Cl-].[Pt+2]. The smallest absolute Gasteiger partial charge is 1.00 e. The molecule has 0 saturated heterocycles. The van der Waals surface area contributed by atoms with Crippen LogP contribution < -0.4 is 35.9 Å². The average Bonchev–Trinajstić information content (AvgIpc) is 2.44. The van der Waals surface area contributed by atoms with Crippen molar-refractivity contribution in [3.8, 4) is 11.5 Å². The van der Waals surface area contributed by atoms with Crippen LogP contribution in [-0.4, -0.2) is 16.8 Å². The van der Waals surface area contributed by atoms with Gasteiger partial charge in [0.1, 0.15) is 11.5 Å². The summed E-state index contributed by atoms with van der Waals surface area (Å²) in [6, 6.07) is 4.32. The number of aromatic hydroxyl groups is 2. The van der Waals surface area contributed by atoms with Gasteiger partial charge in [-0.25, -0.2) is 0 Å². The maximum atomic E-state index is 9.61. The van der Waals surface area contributed by atoms with Crippen LogP contribution in [0.25, 0.3) is 0 Å². The molecule has 154 valence electrons. The third kappa shape index (κ3) is 6.99. The number of nitrogens with two attached hydrogens (primary N) is 1. The van der Waals surface area contributed by atoms with Crippen molar-refractivity contribution in [1.29, 1.82) is 0 Å². The second kappa shape index (κ2) is 12.8. The molecular formula is C16H16Cl6N2O2Pt. The number of nitrogens with one attached hydrogen (secondary N) is 1. The van der Waals surface area contributed by atoms with E-state index in [1.54, 1.807) is 0 Å². The van der Waals surface area contributed by atoms with Crippen LogP contribution >= 0.6 is 46.4 Å². The maximum absolute atomic E-state index is 9.61. The predicted octanol–water partition coefficient (Wildman–Crippen LogP) is -0.932. The van der Waals surface area contributed by atoms with E-state index in [9.17, 15) is 10.2 Å². The number of halogens is 6. The van der Waals surface area contributed by atoms with Crippen molar-refractivity contribution in [2.75, 3.05) is 6.54 Å². The molecule has 0 fully saturated rings. The van der Waals surface area contributed by atoms with Gasteiger partial charge in [-0.1, -0.05) is 53.3 Å². The number of hydrogen-bond donors (Lipinski definition) is 4. The summed E-state index contributed by atoms with van der Waals surface area (Å²) in [7, 11) is 0. The molecule has 27 heavy (non-hydrogen) atoms. The van der Waals surface area contributed by atoms with Gasteiger partial charge >= 0.3 is 21.1 Å². The minimum absolute atomic E-state index is 0. The molecule has 2 atom stereocenters. The van der Waals surface area contributed by atoms with Crippen molar-refractivity contribution in [3.63, 3.8) is 0 Å². The summed E-state index contributed by atoms with van der Waals surface area (Å²) in [5, 5.41) is 23.4. The van der Waals surface area contributed by atoms with Gasteiger partial charge in [-0.3, -0.25) is 0 Å². The molecule has 2 aromatic rings. The van der Waals surface area contributed by atoms with E-state index in [0.717, 1.165) is 0 Å². The fourth-order valence-electron chi connectivity index (χ4n) is 2.55. The summed E-state index contributed by atoms with van der Waals surface area (Å²) in [6.07, 6.45) is 0. The van der Waals surface area contributed by atoms with Crippen LogP contribution in [0.2, 0.25) is 20.1 Å². The van der Waals surface area contributed by atoms with E-state index < -0.39 is 12.1 Å². The van der Waals surface area contributed by atoms with E-state index in [1.807, 2.05) is 6.92 Å². The fourth-order valence-corrected chi connectivity index (χ4v) is 3.99. The first-order chi connectivity index (χ1) is 11.3. The van der Waals surface area contributed by atoms with Crippen LogP contribution in [0.5, 0.6) is 11.5 Å². The largest absolute Gasteiger partial charge is 2.00 e. The van der Waals surface area contributed by atoms with Gasteiger partial charge in [0.25, 0.3) is 0 Å². The van der Waals surface area contributed by atoms with Crippen LogP contribution in [0.3, 0.4) is 0 Å². The molecule has 0 saturated carbocycles. The van der Waals surface area contributed by atoms with E-state index in [2.05, 4.69) is 5.32 Å².